The first-order valence-corrected chi connectivity index (χ1v) is 10.3. The zero-order valence-corrected chi connectivity index (χ0v) is 17.5. The second-order valence-corrected chi connectivity index (χ2v) is 7.51. The number of ether oxygens (including phenoxy) is 1. The number of pyridine rings is 2. The number of amides is 2. The van der Waals surface area contributed by atoms with Crippen LogP contribution in [0.1, 0.15) is 11.1 Å². The molecule has 4 aromatic rings. The zero-order valence-electron chi connectivity index (χ0n) is 16.7. The number of hydrogen-bond donors (Lipinski definition) is 2. The Morgan fingerprint density at radius 1 is 1.00 bits per heavy atom. The highest BCUT2D eigenvalue weighted by atomic mass is 32.1. The van der Waals surface area contributed by atoms with Gasteiger partial charge in [-0.15, -0.1) is 10.2 Å². The fourth-order valence-electron chi connectivity index (χ4n) is 2.67. The van der Waals surface area contributed by atoms with Crippen LogP contribution in [0.5, 0.6) is 11.6 Å². The van der Waals surface area contributed by atoms with Crippen LogP contribution in [0.2, 0.25) is 0 Å². The maximum atomic E-state index is 13.1. The van der Waals surface area contributed by atoms with Gasteiger partial charge in [-0.1, -0.05) is 35.6 Å². The Bertz CT molecular complexity index is 1230. The smallest absolute Gasteiger partial charge is 0.419 e. The van der Waals surface area contributed by atoms with Gasteiger partial charge in [0.2, 0.25) is 11.0 Å². The van der Waals surface area contributed by atoms with Crippen LogP contribution in [-0.4, -0.2) is 26.2 Å². The van der Waals surface area contributed by atoms with E-state index >= 15 is 0 Å². The van der Waals surface area contributed by atoms with Crippen LogP contribution in [0.3, 0.4) is 0 Å². The molecule has 0 saturated heterocycles. The van der Waals surface area contributed by atoms with Gasteiger partial charge in [-0.3, -0.25) is 10.3 Å². The van der Waals surface area contributed by atoms with Gasteiger partial charge in [0.05, 0.1) is 5.56 Å². The Kier molecular flexibility index (Phi) is 6.45. The molecule has 0 fully saturated rings. The molecule has 0 radical (unpaired) electrons. The molecule has 0 unspecified atom stereocenters. The fourth-order valence-corrected chi connectivity index (χ4v) is 3.38. The summed E-state index contributed by atoms with van der Waals surface area (Å²) in [7, 11) is 0. The average molecular weight is 472 g/mol. The number of carbonyl (C=O) groups excluding carboxylic acids is 1. The molecule has 3 heterocycles. The summed E-state index contributed by atoms with van der Waals surface area (Å²) in [5.74, 6) is -0.347. The first-order chi connectivity index (χ1) is 15.9. The molecule has 0 aliphatic rings. The molecular formula is C21H15F3N6O2S. The minimum atomic E-state index is -4.54. The van der Waals surface area contributed by atoms with E-state index < -0.39 is 17.8 Å². The number of anilines is 1. The van der Waals surface area contributed by atoms with Crippen molar-refractivity contribution >= 4 is 22.5 Å². The number of rotatable bonds is 6. The van der Waals surface area contributed by atoms with Crippen LogP contribution in [0.25, 0.3) is 10.7 Å². The fraction of sp³-hybridized carbons (Fsp3) is 0.0952. The van der Waals surface area contributed by atoms with Gasteiger partial charge in [0, 0.05) is 25.0 Å². The Morgan fingerprint density at radius 2 is 1.82 bits per heavy atom. The predicted molar refractivity (Wildman–Crippen MR) is 115 cm³/mol. The Morgan fingerprint density at radius 3 is 2.55 bits per heavy atom. The quantitative estimate of drug-likeness (QED) is 0.404. The van der Waals surface area contributed by atoms with E-state index in [9.17, 15) is 18.0 Å². The molecule has 0 aliphatic heterocycles. The lowest BCUT2D eigenvalue weighted by atomic mass is 10.2. The predicted octanol–water partition coefficient (Wildman–Crippen LogP) is 5.13. The average Bonchev–Trinajstić information content (AvgIpc) is 3.27. The molecular weight excluding hydrogens is 457 g/mol. The lowest BCUT2D eigenvalue weighted by Crippen LogP contribution is -2.28. The number of urea groups is 1. The van der Waals surface area contributed by atoms with Gasteiger partial charge in [-0.2, -0.15) is 13.2 Å². The van der Waals surface area contributed by atoms with Crippen molar-refractivity contribution in [3.63, 3.8) is 0 Å². The highest BCUT2D eigenvalue weighted by molar-refractivity contribution is 7.18. The molecule has 0 saturated carbocycles. The van der Waals surface area contributed by atoms with Gasteiger partial charge in [0.15, 0.2) is 5.01 Å². The molecule has 33 heavy (non-hydrogen) atoms. The van der Waals surface area contributed by atoms with Gasteiger partial charge in [-0.25, -0.2) is 9.78 Å². The number of hydrogen-bond acceptors (Lipinski definition) is 7. The van der Waals surface area contributed by atoms with Crippen molar-refractivity contribution < 1.29 is 22.7 Å². The summed E-state index contributed by atoms with van der Waals surface area (Å²) < 4.78 is 44.5. The standard InChI is InChI=1S/C21H15F3N6O2S/c22-21(23,24)14-5-1-2-7-16(14)32-17-9-8-13(11-26-17)12-27-19(31)28-20-30-29-18(33-20)15-6-3-4-10-25-15/h1-11H,12H2,(H2,27,28,30,31). The summed E-state index contributed by atoms with van der Waals surface area (Å²) in [5, 5.41) is 14.0. The highest BCUT2D eigenvalue weighted by Crippen LogP contribution is 2.37. The van der Waals surface area contributed by atoms with Gasteiger partial charge < -0.3 is 10.1 Å². The number of nitrogens with zero attached hydrogens (tertiary/aromatic N) is 4. The molecule has 0 atom stereocenters. The van der Waals surface area contributed by atoms with E-state index in [-0.39, 0.29) is 18.2 Å². The second-order valence-electron chi connectivity index (χ2n) is 6.54. The van der Waals surface area contributed by atoms with Gasteiger partial charge in [0.1, 0.15) is 11.4 Å². The maximum absolute atomic E-state index is 13.1. The maximum Gasteiger partial charge on any atom is 0.419 e. The van der Waals surface area contributed by atoms with Crippen LogP contribution in [-0.2, 0) is 12.7 Å². The van der Waals surface area contributed by atoms with E-state index in [1.165, 1.54) is 41.8 Å². The number of halogens is 3. The summed E-state index contributed by atoms with van der Waals surface area (Å²) in [6.07, 6.45) is -1.51. The van der Waals surface area contributed by atoms with Gasteiger partial charge >= 0.3 is 12.2 Å². The molecule has 0 spiro atoms. The van der Waals surface area contributed by atoms with E-state index in [4.69, 9.17) is 4.74 Å². The number of aromatic nitrogens is 4. The van der Waals surface area contributed by atoms with Crippen LogP contribution >= 0.6 is 11.3 Å². The summed E-state index contributed by atoms with van der Waals surface area (Å²) in [6, 6.07) is 12.8. The lowest BCUT2D eigenvalue weighted by molar-refractivity contribution is -0.138. The SMILES string of the molecule is O=C(NCc1ccc(Oc2ccccc2C(F)(F)F)nc1)Nc1nnc(-c2ccccn2)s1. The van der Waals surface area contributed by atoms with Crippen LogP contribution in [0, 0.1) is 0 Å². The number of carbonyl (C=O) groups is 1. The highest BCUT2D eigenvalue weighted by Gasteiger charge is 2.34. The molecule has 8 nitrogen and oxygen atoms in total. The zero-order chi connectivity index (χ0) is 23.3. The number of alkyl halides is 3. The van der Waals surface area contributed by atoms with Crippen LogP contribution < -0.4 is 15.4 Å². The van der Waals surface area contributed by atoms with Crippen molar-refractivity contribution in [2.75, 3.05) is 5.32 Å². The summed E-state index contributed by atoms with van der Waals surface area (Å²) in [5.41, 5.74) is 0.375. The molecule has 2 N–H and O–H groups in total. The summed E-state index contributed by atoms with van der Waals surface area (Å²) in [6.45, 7) is 0.129. The van der Waals surface area contributed by atoms with Crippen molar-refractivity contribution in [2.45, 2.75) is 12.7 Å². The Balaban J connectivity index is 1.31. The van der Waals surface area contributed by atoms with E-state index in [1.807, 2.05) is 6.07 Å². The molecule has 0 bridgehead atoms. The first kappa shape index (κ1) is 22.1. The Hall–Kier alpha value is -4.06. The largest absolute Gasteiger partial charge is 0.438 e. The Labute approximate surface area is 189 Å². The van der Waals surface area contributed by atoms with Crippen LogP contribution in [0.4, 0.5) is 23.1 Å². The normalized spacial score (nSPS) is 11.1. The van der Waals surface area contributed by atoms with E-state index in [0.29, 0.717) is 21.4 Å². The van der Waals surface area contributed by atoms with Crippen molar-refractivity contribution in [2.24, 2.45) is 0 Å². The minimum Gasteiger partial charge on any atom is -0.438 e. The third-order valence-electron chi connectivity index (χ3n) is 4.19. The molecule has 3 aromatic heterocycles. The van der Waals surface area contributed by atoms with Gasteiger partial charge in [-0.05, 0) is 29.8 Å². The monoisotopic (exact) mass is 472 g/mol. The molecule has 0 aliphatic carbocycles. The third-order valence-corrected chi connectivity index (χ3v) is 5.05. The third kappa shape index (κ3) is 5.80. The van der Waals surface area contributed by atoms with E-state index in [2.05, 4.69) is 30.8 Å². The molecule has 2 amide bonds. The second kappa shape index (κ2) is 9.61. The van der Waals surface area contributed by atoms with Crippen molar-refractivity contribution in [1.29, 1.82) is 0 Å². The van der Waals surface area contributed by atoms with E-state index in [1.54, 1.807) is 24.4 Å². The molecule has 12 heteroatoms. The number of para-hydroxylation sites is 1. The van der Waals surface area contributed by atoms with Crippen molar-refractivity contribution in [1.82, 2.24) is 25.5 Å². The topological polar surface area (TPSA) is 102 Å². The molecule has 4 rings (SSSR count). The molecule has 168 valence electrons. The van der Waals surface area contributed by atoms with Crippen LogP contribution in [0.15, 0.2) is 67.0 Å². The molecule has 1 aromatic carbocycles. The number of nitrogens with one attached hydrogen (secondary N) is 2. The first-order valence-electron chi connectivity index (χ1n) is 9.47. The van der Waals surface area contributed by atoms with Gasteiger partial charge in [0.25, 0.3) is 0 Å². The van der Waals surface area contributed by atoms with Crippen molar-refractivity contribution in [3.05, 3.63) is 78.1 Å². The van der Waals surface area contributed by atoms with Crippen molar-refractivity contribution in [3.8, 4) is 22.3 Å². The summed E-state index contributed by atoms with van der Waals surface area (Å²) in [4.78, 5) is 20.3. The lowest BCUT2D eigenvalue weighted by Gasteiger charge is -2.13. The minimum absolute atomic E-state index is 0.00388. The van der Waals surface area contributed by atoms with E-state index in [0.717, 1.165) is 6.07 Å². The summed E-state index contributed by atoms with van der Waals surface area (Å²) >= 11 is 1.18. The number of benzene rings is 1.